The lowest BCUT2D eigenvalue weighted by Gasteiger charge is -2.25. The lowest BCUT2D eigenvalue weighted by Crippen LogP contribution is -2.32. The molecule has 16 rings (SSSR count). The molecule has 97 heavy (non-hydrogen) atoms. The monoisotopic (exact) mass is 1300 g/mol. The van der Waals surface area contributed by atoms with Crippen LogP contribution in [0.2, 0.25) is 0 Å². The topological polar surface area (TPSA) is 67.1 Å². The fourth-order valence-corrected chi connectivity index (χ4v) is 15.1. The number of hydrogen-bond acceptors (Lipinski definition) is 4. The first-order chi connectivity index (χ1) is 46.7. The Bertz CT molecular complexity index is 4970. The van der Waals surface area contributed by atoms with E-state index in [1.807, 2.05) is 147 Å². The molecule has 8 nitrogen and oxygen atoms in total. The van der Waals surface area contributed by atoms with Gasteiger partial charge in [-0.05, 0) is 303 Å². The van der Waals surface area contributed by atoms with E-state index in [2.05, 4.69) is 92.3 Å². The van der Waals surface area contributed by atoms with Gasteiger partial charge in [-0.15, -0.1) is 0 Å². The zero-order valence-corrected chi connectivity index (χ0v) is 58.4. The molecule has 4 saturated carbocycles. The summed E-state index contributed by atoms with van der Waals surface area (Å²) in [6, 6.07) is 40.8. The molecule has 12 heteroatoms. The number of aromatic nitrogens is 8. The maximum Gasteiger partial charge on any atom is 0.287 e. The van der Waals surface area contributed by atoms with Crippen LogP contribution < -0.4 is 18.3 Å². The molecular weight excluding hydrogens is 1210 g/mol. The lowest BCUT2D eigenvalue weighted by atomic mass is 9.79. The van der Waals surface area contributed by atoms with Crippen LogP contribution in [0.15, 0.2) is 147 Å². The Morgan fingerprint density at radius 2 is 0.629 bits per heavy atom. The summed E-state index contributed by atoms with van der Waals surface area (Å²) in [5, 5.41) is 4.58. The van der Waals surface area contributed by atoms with E-state index in [0.717, 1.165) is 111 Å². The Balaban J connectivity index is 0.000000117. The molecule has 494 valence electrons. The van der Waals surface area contributed by atoms with E-state index in [-0.39, 0.29) is 23.3 Å². The summed E-state index contributed by atoms with van der Waals surface area (Å²) in [5.41, 5.74) is 24.9. The fraction of sp³-hybridized carbons (Fsp3) is 0.341. The minimum atomic E-state index is -0.149. The van der Waals surface area contributed by atoms with E-state index >= 15 is 0 Å². The van der Waals surface area contributed by atoms with Crippen molar-refractivity contribution in [1.82, 2.24) is 19.9 Å². The number of nitrogens with zero attached hydrogens (tertiary/aromatic N) is 8. The van der Waals surface area contributed by atoms with Crippen molar-refractivity contribution < 1.29 is 35.8 Å². The fourth-order valence-electron chi connectivity index (χ4n) is 15.1. The maximum atomic E-state index is 13.9. The van der Waals surface area contributed by atoms with Crippen molar-refractivity contribution in [2.24, 2.45) is 28.2 Å². The van der Waals surface area contributed by atoms with Crippen LogP contribution in [-0.2, 0) is 28.2 Å². The van der Waals surface area contributed by atoms with Crippen molar-refractivity contribution in [3.05, 3.63) is 237 Å². The van der Waals surface area contributed by atoms with Crippen LogP contribution in [0.1, 0.15) is 174 Å². The van der Waals surface area contributed by atoms with Gasteiger partial charge in [0.2, 0.25) is 0 Å². The quantitative estimate of drug-likeness (QED) is 0.112. The molecule has 4 aliphatic rings. The second-order valence-corrected chi connectivity index (χ2v) is 28.4. The van der Waals surface area contributed by atoms with Crippen LogP contribution in [0, 0.1) is 78.7 Å². The number of hydrogen-bond donors (Lipinski definition) is 0. The van der Waals surface area contributed by atoms with E-state index < -0.39 is 0 Å². The first kappa shape index (κ1) is 66.5. The van der Waals surface area contributed by atoms with Crippen LogP contribution in [0.3, 0.4) is 0 Å². The maximum absolute atomic E-state index is 13.9. The lowest BCUT2D eigenvalue weighted by molar-refractivity contribution is -0.662. The average molecular weight is 1300 g/mol. The van der Waals surface area contributed by atoms with Crippen molar-refractivity contribution in [3.8, 4) is 45.0 Å². The third kappa shape index (κ3) is 13.3. The number of aryl methyl sites for hydroxylation is 12. The van der Waals surface area contributed by atoms with Crippen molar-refractivity contribution in [2.45, 2.75) is 163 Å². The number of halogens is 4. The molecule has 0 amide bonds. The predicted octanol–water partition coefficient (Wildman–Crippen LogP) is 19.4. The largest absolute Gasteiger partial charge is 0.287 e. The molecule has 4 aliphatic carbocycles. The van der Waals surface area contributed by atoms with Crippen molar-refractivity contribution in [2.75, 3.05) is 0 Å². The number of para-hydroxylation sites is 1. The molecular formula is C85H90F4N8+4. The van der Waals surface area contributed by atoms with Gasteiger partial charge >= 0.3 is 0 Å². The van der Waals surface area contributed by atoms with E-state index in [1.54, 1.807) is 24.3 Å². The first-order valence-corrected chi connectivity index (χ1v) is 34.9. The van der Waals surface area contributed by atoms with E-state index in [9.17, 15) is 17.6 Å². The molecule has 0 radical (unpaired) electrons. The Morgan fingerprint density at radius 3 is 1.01 bits per heavy atom. The summed E-state index contributed by atoms with van der Waals surface area (Å²) in [4.78, 5) is 18.5. The minimum absolute atomic E-state index is 0.145. The number of benzene rings is 8. The highest BCUT2D eigenvalue weighted by molar-refractivity contribution is 5.95. The zero-order chi connectivity index (χ0) is 68.1. The third-order valence-corrected chi connectivity index (χ3v) is 21.6. The van der Waals surface area contributed by atoms with Gasteiger partial charge in [-0.1, -0.05) is 62.4 Å². The SMILES string of the molecule is Cc1cc(-c2c3cc(C4CCC4)ccc3nc[n+]2C)c(C)cc1F.Cc1cc(-c2c3cc(C4CCCC4)ccc3nc[n+]2C)c(C)cc1F.Cc1cc(-c2c3ccc(C4CCC4)cc3nc[n+]2C)c(C)cc1F.Cc1cc(-c2c3cccc(C4CCC4)c3nc[n+]2C)c(C)cc1F. The summed E-state index contributed by atoms with van der Waals surface area (Å²) in [6.07, 6.45) is 24.3. The molecule has 0 atom stereocenters. The van der Waals surface area contributed by atoms with E-state index in [0.29, 0.717) is 45.9 Å². The summed E-state index contributed by atoms with van der Waals surface area (Å²) >= 11 is 0. The van der Waals surface area contributed by atoms with Gasteiger partial charge in [0.25, 0.3) is 25.3 Å². The molecule has 0 spiro atoms. The molecule has 0 bridgehead atoms. The van der Waals surface area contributed by atoms with Gasteiger partial charge in [0, 0.05) is 27.8 Å². The minimum Gasteiger partial charge on any atom is -0.232 e. The van der Waals surface area contributed by atoms with Gasteiger partial charge in [0.05, 0.1) is 49.7 Å². The first-order valence-electron chi connectivity index (χ1n) is 34.9. The van der Waals surface area contributed by atoms with Crippen LogP contribution in [-0.4, -0.2) is 19.9 Å². The molecule has 4 heterocycles. The summed E-state index contributed by atoms with van der Waals surface area (Å²) in [5.74, 6) is 2.10. The van der Waals surface area contributed by atoms with Gasteiger partial charge in [-0.25, -0.2) is 35.8 Å². The van der Waals surface area contributed by atoms with Crippen LogP contribution in [0.5, 0.6) is 0 Å². The number of fused-ring (bicyclic) bond motifs is 4. The highest BCUT2D eigenvalue weighted by Gasteiger charge is 2.29. The van der Waals surface area contributed by atoms with Crippen LogP contribution >= 0.6 is 0 Å². The van der Waals surface area contributed by atoms with Crippen LogP contribution in [0.25, 0.3) is 88.6 Å². The molecule has 0 N–H and O–H groups in total. The molecule has 12 aromatic rings. The smallest absolute Gasteiger partial charge is 0.232 e. The molecule has 4 aromatic heterocycles. The Labute approximate surface area is 568 Å². The highest BCUT2D eigenvalue weighted by atomic mass is 19.1. The standard InChI is InChI=1S/C22H24FN2.3C21H22FN2/c1-14-11-20(23)15(2)10-18(14)22-19-12-17(16-6-4-5-7-16)8-9-21(19)24-13-25(22)3;1-13-11-19(22)14(2)10-18(13)21-17-9-5-8-16(15-6-4-7-15)20(17)23-12-24(21)3;1-13-10-19(22)14(2)9-17(13)21-18-11-16(15-5-4-6-15)7-8-20(18)23-12-24(21)3;1-13-10-19(22)14(2)9-18(13)21-17-8-7-16(15-5-4-6-15)11-20(17)23-12-24(21)3/h8-13,16H,4-7H2,1-3H3;5,8-12,15H,4,6-7H2,1-3H3;2*7-12,15H,4-6H2,1-3H3/q4*+1. The summed E-state index contributed by atoms with van der Waals surface area (Å²) < 4.78 is 63.8. The normalized spacial score (nSPS) is 14.9. The predicted molar refractivity (Wildman–Crippen MR) is 382 cm³/mol. The molecule has 4 fully saturated rings. The Morgan fingerprint density at radius 1 is 0.299 bits per heavy atom. The van der Waals surface area contributed by atoms with Gasteiger partial charge in [0.1, 0.15) is 46.0 Å². The second-order valence-electron chi connectivity index (χ2n) is 28.4. The van der Waals surface area contributed by atoms with E-state index in [4.69, 9.17) is 4.98 Å². The summed E-state index contributed by atoms with van der Waals surface area (Å²) in [6.45, 7) is 15.2. The molecule has 0 saturated heterocycles. The average Bonchev–Trinajstić information content (AvgIpc) is 1.00. The Hall–Kier alpha value is -9.16. The highest BCUT2D eigenvalue weighted by Crippen LogP contribution is 2.43. The van der Waals surface area contributed by atoms with Crippen LogP contribution in [0.4, 0.5) is 17.6 Å². The van der Waals surface area contributed by atoms with Gasteiger partial charge in [-0.2, -0.15) is 0 Å². The van der Waals surface area contributed by atoms with Crippen molar-refractivity contribution in [3.63, 3.8) is 0 Å². The molecule has 0 unspecified atom stereocenters. The molecule has 0 aliphatic heterocycles. The van der Waals surface area contributed by atoms with Gasteiger partial charge in [0.15, 0.2) is 22.1 Å². The third-order valence-electron chi connectivity index (χ3n) is 21.6. The second kappa shape index (κ2) is 27.8. The number of rotatable bonds is 8. The Kier molecular flexibility index (Phi) is 19.0. The molecule has 8 aromatic carbocycles. The van der Waals surface area contributed by atoms with Gasteiger partial charge in [-0.3, -0.25) is 0 Å². The van der Waals surface area contributed by atoms with Gasteiger partial charge < -0.3 is 0 Å². The zero-order valence-electron chi connectivity index (χ0n) is 58.4. The van der Waals surface area contributed by atoms with Crippen molar-refractivity contribution in [1.29, 1.82) is 0 Å². The summed E-state index contributed by atoms with van der Waals surface area (Å²) in [7, 11) is 8.04. The van der Waals surface area contributed by atoms with E-state index in [1.165, 1.54) is 106 Å². The van der Waals surface area contributed by atoms with Crippen molar-refractivity contribution >= 4 is 43.6 Å².